The highest BCUT2D eigenvalue weighted by molar-refractivity contribution is 6.05. The van der Waals surface area contributed by atoms with Gasteiger partial charge in [-0.3, -0.25) is 4.79 Å². The van der Waals surface area contributed by atoms with Gasteiger partial charge in [-0.1, -0.05) is 0 Å². The zero-order chi connectivity index (χ0) is 20.4. The van der Waals surface area contributed by atoms with Crippen molar-refractivity contribution in [2.75, 3.05) is 31.4 Å². The van der Waals surface area contributed by atoms with Crippen molar-refractivity contribution < 1.29 is 9.53 Å². The van der Waals surface area contributed by atoms with Crippen LogP contribution in [0.25, 0.3) is 22.4 Å². The molecule has 6 heteroatoms. The summed E-state index contributed by atoms with van der Waals surface area (Å²) in [5.41, 5.74) is 5.02. The molecule has 1 heterocycles. The minimum atomic E-state index is -0.152. The third-order valence-electron chi connectivity index (χ3n) is 4.75. The predicted molar refractivity (Wildman–Crippen MR) is 117 cm³/mol. The highest BCUT2D eigenvalue weighted by Gasteiger charge is 2.10. The van der Waals surface area contributed by atoms with Crippen molar-refractivity contribution in [3.8, 4) is 17.1 Å². The van der Waals surface area contributed by atoms with E-state index in [2.05, 4.69) is 15.3 Å². The fourth-order valence-electron chi connectivity index (χ4n) is 3.08. The molecule has 0 unspecified atom stereocenters. The van der Waals surface area contributed by atoms with Crippen LogP contribution in [0.2, 0.25) is 0 Å². The molecule has 0 aliphatic carbocycles. The van der Waals surface area contributed by atoms with Crippen molar-refractivity contribution in [3.63, 3.8) is 0 Å². The van der Waals surface area contributed by atoms with Crippen LogP contribution in [-0.2, 0) is 0 Å². The second kappa shape index (κ2) is 7.67. The lowest BCUT2D eigenvalue weighted by Crippen LogP contribution is -2.13. The fourth-order valence-corrected chi connectivity index (χ4v) is 3.08. The number of aromatic nitrogens is 2. The first-order valence-electron chi connectivity index (χ1n) is 9.26. The van der Waals surface area contributed by atoms with E-state index >= 15 is 0 Å². The Bertz CT molecular complexity index is 1150. The number of carbonyl (C=O) groups excluding carboxylic acids is 1. The van der Waals surface area contributed by atoms with E-state index in [1.54, 1.807) is 7.11 Å². The number of amides is 1. The first-order valence-corrected chi connectivity index (χ1v) is 9.26. The maximum absolute atomic E-state index is 12.6. The van der Waals surface area contributed by atoms with Gasteiger partial charge in [0.05, 0.1) is 18.1 Å². The van der Waals surface area contributed by atoms with E-state index in [0.717, 1.165) is 33.9 Å². The van der Waals surface area contributed by atoms with Gasteiger partial charge in [-0.15, -0.1) is 0 Å². The summed E-state index contributed by atoms with van der Waals surface area (Å²) < 4.78 is 5.20. The van der Waals surface area contributed by atoms with E-state index in [1.165, 1.54) is 0 Å². The maximum atomic E-state index is 12.6. The Morgan fingerprint density at radius 2 is 1.72 bits per heavy atom. The normalized spacial score (nSPS) is 10.7. The molecule has 3 aromatic carbocycles. The van der Waals surface area contributed by atoms with Crippen LogP contribution in [-0.4, -0.2) is 37.1 Å². The van der Waals surface area contributed by atoms with E-state index in [-0.39, 0.29) is 5.91 Å². The lowest BCUT2D eigenvalue weighted by Gasteiger charge is -2.12. The molecule has 29 heavy (non-hydrogen) atoms. The van der Waals surface area contributed by atoms with Crippen LogP contribution in [0, 0.1) is 0 Å². The van der Waals surface area contributed by atoms with E-state index in [1.807, 2.05) is 85.7 Å². The number of aromatic amines is 1. The molecule has 0 aliphatic heterocycles. The van der Waals surface area contributed by atoms with Gasteiger partial charge in [0.25, 0.3) is 5.91 Å². The largest absolute Gasteiger partial charge is 0.497 e. The van der Waals surface area contributed by atoms with Crippen LogP contribution in [0.4, 0.5) is 11.4 Å². The highest BCUT2D eigenvalue weighted by Crippen LogP contribution is 2.25. The van der Waals surface area contributed by atoms with Gasteiger partial charge in [-0.05, 0) is 66.7 Å². The number of imidazole rings is 1. The minimum Gasteiger partial charge on any atom is -0.497 e. The monoisotopic (exact) mass is 386 g/mol. The summed E-state index contributed by atoms with van der Waals surface area (Å²) >= 11 is 0. The SMILES string of the molecule is COc1ccc(-c2nc3cc(NC(=O)c4ccc(N(C)C)cc4)ccc3[nH]2)cc1. The molecule has 4 aromatic rings. The van der Waals surface area contributed by atoms with Crippen LogP contribution in [0.3, 0.4) is 0 Å². The Balaban J connectivity index is 1.54. The van der Waals surface area contributed by atoms with Crippen LogP contribution in [0.1, 0.15) is 10.4 Å². The van der Waals surface area contributed by atoms with Crippen molar-refractivity contribution in [2.45, 2.75) is 0 Å². The summed E-state index contributed by atoms with van der Waals surface area (Å²) in [5.74, 6) is 1.42. The standard InChI is InChI=1S/C23H22N4O2/c1-27(2)18-9-4-16(5-10-18)23(28)24-17-8-13-20-21(14-17)26-22(25-20)15-6-11-19(29-3)12-7-15/h4-14H,1-3H3,(H,24,28)(H,25,26). The molecule has 0 bridgehead atoms. The summed E-state index contributed by atoms with van der Waals surface area (Å²) in [5, 5.41) is 2.94. The molecular weight excluding hydrogens is 364 g/mol. The maximum Gasteiger partial charge on any atom is 0.255 e. The van der Waals surface area contributed by atoms with Crippen molar-refractivity contribution >= 4 is 28.3 Å². The number of anilines is 2. The van der Waals surface area contributed by atoms with Crippen LogP contribution < -0.4 is 15.0 Å². The smallest absolute Gasteiger partial charge is 0.255 e. The van der Waals surface area contributed by atoms with Crippen LogP contribution >= 0.6 is 0 Å². The molecule has 0 fully saturated rings. The van der Waals surface area contributed by atoms with Crippen molar-refractivity contribution in [1.29, 1.82) is 0 Å². The van der Waals surface area contributed by atoms with E-state index in [0.29, 0.717) is 11.3 Å². The average Bonchev–Trinajstić information content (AvgIpc) is 3.17. The van der Waals surface area contributed by atoms with Gasteiger partial charge in [-0.25, -0.2) is 4.98 Å². The zero-order valence-corrected chi connectivity index (χ0v) is 16.6. The number of fused-ring (bicyclic) bond motifs is 1. The van der Waals surface area contributed by atoms with E-state index in [9.17, 15) is 4.79 Å². The number of nitrogens with zero attached hydrogens (tertiary/aromatic N) is 2. The van der Waals surface area contributed by atoms with E-state index in [4.69, 9.17) is 4.74 Å². The Morgan fingerprint density at radius 3 is 2.38 bits per heavy atom. The Morgan fingerprint density at radius 1 is 1.00 bits per heavy atom. The summed E-state index contributed by atoms with van der Waals surface area (Å²) in [7, 11) is 5.57. The number of methoxy groups -OCH3 is 1. The second-order valence-electron chi connectivity index (χ2n) is 6.94. The molecule has 1 aromatic heterocycles. The lowest BCUT2D eigenvalue weighted by atomic mass is 10.2. The van der Waals surface area contributed by atoms with Gasteiger partial charge < -0.3 is 19.9 Å². The van der Waals surface area contributed by atoms with Gasteiger partial charge in [0.2, 0.25) is 0 Å². The molecule has 0 radical (unpaired) electrons. The number of hydrogen-bond donors (Lipinski definition) is 2. The van der Waals surface area contributed by atoms with Gasteiger partial charge in [0, 0.05) is 36.6 Å². The molecule has 6 nitrogen and oxygen atoms in total. The number of benzene rings is 3. The Hall–Kier alpha value is -3.80. The number of hydrogen-bond acceptors (Lipinski definition) is 4. The molecular formula is C23H22N4O2. The molecule has 2 N–H and O–H groups in total. The third-order valence-corrected chi connectivity index (χ3v) is 4.75. The highest BCUT2D eigenvalue weighted by atomic mass is 16.5. The molecule has 0 saturated heterocycles. The molecule has 0 aliphatic rings. The second-order valence-corrected chi connectivity index (χ2v) is 6.94. The van der Waals surface area contributed by atoms with Gasteiger partial charge in [0.1, 0.15) is 11.6 Å². The fraction of sp³-hybridized carbons (Fsp3) is 0.130. The molecule has 4 rings (SSSR count). The summed E-state index contributed by atoms with van der Waals surface area (Å²) in [6.45, 7) is 0. The number of ether oxygens (including phenoxy) is 1. The van der Waals surface area contributed by atoms with Crippen molar-refractivity contribution in [3.05, 3.63) is 72.3 Å². The van der Waals surface area contributed by atoms with Crippen LogP contribution in [0.15, 0.2) is 66.7 Å². The predicted octanol–water partition coefficient (Wildman–Crippen LogP) is 4.56. The van der Waals surface area contributed by atoms with Gasteiger partial charge >= 0.3 is 0 Å². The van der Waals surface area contributed by atoms with Gasteiger partial charge in [0.15, 0.2) is 0 Å². The molecule has 1 amide bonds. The summed E-state index contributed by atoms with van der Waals surface area (Å²) in [6, 6.07) is 20.8. The number of nitrogens with one attached hydrogen (secondary N) is 2. The molecule has 0 spiro atoms. The van der Waals surface area contributed by atoms with Crippen molar-refractivity contribution in [1.82, 2.24) is 9.97 Å². The quantitative estimate of drug-likeness (QED) is 0.528. The Labute approximate surface area is 169 Å². The zero-order valence-electron chi connectivity index (χ0n) is 16.6. The lowest BCUT2D eigenvalue weighted by molar-refractivity contribution is 0.102. The van der Waals surface area contributed by atoms with E-state index < -0.39 is 0 Å². The first-order chi connectivity index (χ1) is 14.0. The van der Waals surface area contributed by atoms with Crippen LogP contribution in [0.5, 0.6) is 5.75 Å². The topological polar surface area (TPSA) is 70.2 Å². The third kappa shape index (κ3) is 3.91. The summed E-state index contributed by atoms with van der Waals surface area (Å²) in [4.78, 5) is 22.5. The molecule has 146 valence electrons. The van der Waals surface area contributed by atoms with Crippen molar-refractivity contribution in [2.24, 2.45) is 0 Å². The number of H-pyrrole nitrogens is 1. The molecule has 0 saturated carbocycles. The molecule has 0 atom stereocenters. The number of rotatable bonds is 5. The Kier molecular flexibility index (Phi) is 4.91. The summed E-state index contributed by atoms with van der Waals surface area (Å²) in [6.07, 6.45) is 0. The average molecular weight is 386 g/mol. The van der Waals surface area contributed by atoms with Gasteiger partial charge in [-0.2, -0.15) is 0 Å². The minimum absolute atomic E-state index is 0.152. The first kappa shape index (κ1) is 18.6. The number of carbonyl (C=O) groups is 1.